The van der Waals surface area contributed by atoms with Crippen molar-refractivity contribution in [3.05, 3.63) is 29.5 Å². The summed E-state index contributed by atoms with van der Waals surface area (Å²) >= 11 is 0. The first-order chi connectivity index (χ1) is 8.63. The molecule has 2 aromatic rings. The molecule has 0 aliphatic heterocycles. The van der Waals surface area contributed by atoms with Crippen molar-refractivity contribution >= 4 is 16.9 Å². The van der Waals surface area contributed by atoms with E-state index in [1.54, 1.807) is 0 Å². The fourth-order valence-corrected chi connectivity index (χ4v) is 1.66. The van der Waals surface area contributed by atoms with E-state index in [0.717, 1.165) is 12.1 Å². The molecule has 19 heavy (non-hydrogen) atoms. The Kier molecular flexibility index (Phi) is 2.83. The van der Waals surface area contributed by atoms with Gasteiger partial charge in [-0.05, 0) is 25.1 Å². The molecule has 102 valence electrons. The lowest BCUT2D eigenvalue weighted by Crippen LogP contribution is -2.34. The number of hydrogen-bond donors (Lipinski definition) is 1. The zero-order valence-corrected chi connectivity index (χ0v) is 9.59. The number of halogens is 5. The molecule has 0 fully saturated rings. The highest BCUT2D eigenvalue weighted by Crippen LogP contribution is 2.45. The van der Waals surface area contributed by atoms with Crippen molar-refractivity contribution in [2.45, 2.75) is 19.0 Å². The van der Waals surface area contributed by atoms with E-state index in [2.05, 4.69) is 9.97 Å². The number of anilines is 1. The van der Waals surface area contributed by atoms with Gasteiger partial charge in [-0.1, -0.05) is 0 Å². The van der Waals surface area contributed by atoms with Crippen LogP contribution in [0.2, 0.25) is 0 Å². The first-order valence-corrected chi connectivity index (χ1v) is 5.12. The van der Waals surface area contributed by atoms with E-state index in [1.165, 1.54) is 6.92 Å². The number of aryl methyl sites for hydroxylation is 1. The van der Waals surface area contributed by atoms with Crippen molar-refractivity contribution in [2.24, 2.45) is 0 Å². The molecule has 0 amide bonds. The summed E-state index contributed by atoms with van der Waals surface area (Å²) in [5.74, 6) is -4.98. The van der Waals surface area contributed by atoms with Crippen LogP contribution in [-0.4, -0.2) is 16.1 Å². The van der Waals surface area contributed by atoms with Gasteiger partial charge in [0.25, 0.3) is 0 Å². The van der Waals surface area contributed by atoms with Crippen LogP contribution in [0.3, 0.4) is 0 Å². The SMILES string of the molecule is Cc1cc(C(F)(F)C(F)(F)F)c2ccc(N)nc2n1. The molecule has 0 bridgehead atoms. The molecule has 0 unspecified atom stereocenters. The van der Waals surface area contributed by atoms with Crippen LogP contribution < -0.4 is 5.73 Å². The maximum Gasteiger partial charge on any atom is 0.458 e. The Hall–Kier alpha value is -1.99. The highest BCUT2D eigenvalue weighted by Gasteiger charge is 2.59. The third kappa shape index (κ3) is 2.18. The molecule has 2 heterocycles. The molecule has 0 saturated heterocycles. The molecule has 3 nitrogen and oxygen atoms in total. The molecule has 0 aromatic carbocycles. The second kappa shape index (κ2) is 4.01. The van der Waals surface area contributed by atoms with Crippen molar-refractivity contribution in [3.63, 3.8) is 0 Å². The predicted octanol–water partition coefficient (Wildman–Crippen LogP) is 3.17. The molecule has 8 heteroatoms. The van der Waals surface area contributed by atoms with E-state index in [0.29, 0.717) is 6.07 Å². The predicted molar refractivity (Wildman–Crippen MR) is 58.6 cm³/mol. The number of aromatic nitrogens is 2. The lowest BCUT2D eigenvalue weighted by atomic mass is 10.0. The average molecular weight is 277 g/mol. The Labute approximate surface area is 104 Å². The molecule has 0 atom stereocenters. The molecule has 0 aliphatic rings. The number of nitrogen functional groups attached to an aromatic ring is 1. The molecule has 2 rings (SSSR count). The third-order valence-electron chi connectivity index (χ3n) is 2.52. The highest BCUT2D eigenvalue weighted by molar-refractivity contribution is 5.81. The summed E-state index contributed by atoms with van der Waals surface area (Å²) < 4.78 is 64.3. The summed E-state index contributed by atoms with van der Waals surface area (Å²) in [6, 6.07) is 2.90. The number of pyridine rings is 2. The Morgan fingerprint density at radius 2 is 1.68 bits per heavy atom. The summed E-state index contributed by atoms with van der Waals surface area (Å²) in [6.45, 7) is 1.31. The molecule has 0 saturated carbocycles. The van der Waals surface area contributed by atoms with Gasteiger partial charge in [0, 0.05) is 16.6 Å². The summed E-state index contributed by atoms with van der Waals surface area (Å²) in [7, 11) is 0. The minimum atomic E-state index is -5.69. The van der Waals surface area contributed by atoms with E-state index in [-0.39, 0.29) is 22.5 Å². The lowest BCUT2D eigenvalue weighted by molar-refractivity contribution is -0.288. The fourth-order valence-electron chi connectivity index (χ4n) is 1.66. The minimum Gasteiger partial charge on any atom is -0.384 e. The van der Waals surface area contributed by atoms with Gasteiger partial charge in [0.2, 0.25) is 0 Å². The van der Waals surface area contributed by atoms with E-state index in [1.807, 2.05) is 0 Å². The van der Waals surface area contributed by atoms with Crippen LogP contribution in [0.1, 0.15) is 11.3 Å². The maximum atomic E-state index is 13.5. The number of fused-ring (bicyclic) bond motifs is 1. The number of rotatable bonds is 1. The smallest absolute Gasteiger partial charge is 0.384 e. The number of alkyl halides is 5. The van der Waals surface area contributed by atoms with E-state index < -0.39 is 17.7 Å². The summed E-state index contributed by atoms with van der Waals surface area (Å²) in [6.07, 6.45) is -5.69. The zero-order valence-electron chi connectivity index (χ0n) is 9.59. The number of hydrogen-bond acceptors (Lipinski definition) is 3. The molecular weight excluding hydrogens is 269 g/mol. The van der Waals surface area contributed by atoms with E-state index in [9.17, 15) is 22.0 Å². The van der Waals surface area contributed by atoms with Crippen molar-refractivity contribution in [2.75, 3.05) is 5.73 Å². The van der Waals surface area contributed by atoms with Crippen molar-refractivity contribution in [1.29, 1.82) is 0 Å². The van der Waals surface area contributed by atoms with Crippen LogP contribution in [0.4, 0.5) is 27.8 Å². The zero-order chi connectivity index (χ0) is 14.4. The van der Waals surface area contributed by atoms with E-state index in [4.69, 9.17) is 5.73 Å². The standard InChI is InChI=1S/C11H8F5N3/c1-5-4-7(10(12,13)11(14,15)16)6-2-3-8(17)19-9(6)18-5/h2-4H,1H3,(H2,17,18,19). The van der Waals surface area contributed by atoms with Crippen LogP contribution in [-0.2, 0) is 5.92 Å². The Bertz CT molecular complexity index is 631. The van der Waals surface area contributed by atoms with Gasteiger partial charge in [-0.25, -0.2) is 9.97 Å². The molecule has 0 radical (unpaired) electrons. The van der Waals surface area contributed by atoms with Crippen LogP contribution in [0.25, 0.3) is 11.0 Å². The van der Waals surface area contributed by atoms with Crippen LogP contribution in [0, 0.1) is 6.92 Å². The quantitative estimate of drug-likeness (QED) is 0.814. The fraction of sp³-hybridized carbons (Fsp3) is 0.273. The van der Waals surface area contributed by atoms with Gasteiger partial charge in [-0.15, -0.1) is 0 Å². The molecular formula is C11H8F5N3. The summed E-state index contributed by atoms with van der Waals surface area (Å²) in [4.78, 5) is 7.46. The van der Waals surface area contributed by atoms with Crippen LogP contribution >= 0.6 is 0 Å². The minimum absolute atomic E-state index is 0.00419. The molecule has 0 aliphatic carbocycles. The normalized spacial score (nSPS) is 12.9. The van der Waals surface area contributed by atoms with Gasteiger partial charge >= 0.3 is 12.1 Å². The Morgan fingerprint density at radius 3 is 2.26 bits per heavy atom. The second-order valence-corrected chi connectivity index (χ2v) is 3.99. The second-order valence-electron chi connectivity index (χ2n) is 3.99. The summed E-state index contributed by atoms with van der Waals surface area (Å²) in [5.41, 5.74) is 3.95. The first-order valence-electron chi connectivity index (χ1n) is 5.12. The molecule has 2 aromatic heterocycles. The van der Waals surface area contributed by atoms with Crippen LogP contribution in [0.15, 0.2) is 18.2 Å². The molecule has 0 spiro atoms. The maximum absolute atomic E-state index is 13.5. The van der Waals surface area contributed by atoms with Gasteiger partial charge in [-0.2, -0.15) is 22.0 Å². The molecule has 2 N–H and O–H groups in total. The number of nitrogens with two attached hydrogens (primary N) is 1. The van der Waals surface area contributed by atoms with Crippen molar-refractivity contribution in [1.82, 2.24) is 9.97 Å². The topological polar surface area (TPSA) is 51.8 Å². The largest absolute Gasteiger partial charge is 0.458 e. The van der Waals surface area contributed by atoms with Crippen molar-refractivity contribution < 1.29 is 22.0 Å². The summed E-state index contributed by atoms with van der Waals surface area (Å²) in [5, 5.41) is -0.373. The van der Waals surface area contributed by atoms with Crippen LogP contribution in [0.5, 0.6) is 0 Å². The monoisotopic (exact) mass is 277 g/mol. The van der Waals surface area contributed by atoms with Crippen molar-refractivity contribution in [3.8, 4) is 0 Å². The van der Waals surface area contributed by atoms with Gasteiger partial charge in [0.05, 0.1) is 0 Å². The lowest BCUT2D eigenvalue weighted by Gasteiger charge is -2.21. The van der Waals surface area contributed by atoms with Gasteiger partial charge in [0.15, 0.2) is 5.65 Å². The number of nitrogens with zero attached hydrogens (tertiary/aromatic N) is 2. The Morgan fingerprint density at radius 1 is 1.05 bits per heavy atom. The Balaban J connectivity index is 2.80. The van der Waals surface area contributed by atoms with E-state index >= 15 is 0 Å². The average Bonchev–Trinajstić information content (AvgIpc) is 2.25. The highest BCUT2D eigenvalue weighted by atomic mass is 19.4. The third-order valence-corrected chi connectivity index (χ3v) is 2.52. The van der Waals surface area contributed by atoms with Gasteiger partial charge in [-0.3, -0.25) is 0 Å². The first kappa shape index (κ1) is 13.4. The van der Waals surface area contributed by atoms with Gasteiger partial charge in [0.1, 0.15) is 5.82 Å². The van der Waals surface area contributed by atoms with Gasteiger partial charge < -0.3 is 5.73 Å².